The van der Waals surface area contributed by atoms with Crippen LogP contribution in [0.4, 0.5) is 10.5 Å². The molecule has 1 saturated heterocycles. The molecule has 0 spiro atoms. The van der Waals surface area contributed by atoms with Crippen LogP contribution in [0.25, 0.3) is 11.1 Å². The highest BCUT2D eigenvalue weighted by atomic mass is 16.5. The summed E-state index contributed by atoms with van der Waals surface area (Å²) in [5.74, 6) is 0.387. The van der Waals surface area contributed by atoms with Gasteiger partial charge in [-0.3, -0.25) is 4.57 Å². The van der Waals surface area contributed by atoms with Crippen molar-refractivity contribution in [1.29, 1.82) is 0 Å². The third-order valence-electron chi connectivity index (χ3n) is 4.99. The van der Waals surface area contributed by atoms with Gasteiger partial charge < -0.3 is 19.4 Å². The van der Waals surface area contributed by atoms with E-state index in [-0.39, 0.29) is 12.1 Å². The lowest BCUT2D eigenvalue weighted by atomic mass is 9.95. The number of oxazole rings is 1. The van der Waals surface area contributed by atoms with E-state index in [9.17, 15) is 9.59 Å². The first-order valence-corrected chi connectivity index (χ1v) is 8.95. The molecule has 2 aromatic carbocycles. The number of methoxy groups -OCH3 is 1. The molecule has 0 radical (unpaired) electrons. The first-order chi connectivity index (χ1) is 13.1. The average molecular weight is 367 g/mol. The second kappa shape index (κ2) is 6.83. The van der Waals surface area contributed by atoms with Crippen LogP contribution >= 0.6 is 0 Å². The Morgan fingerprint density at radius 2 is 2.15 bits per heavy atom. The van der Waals surface area contributed by atoms with Gasteiger partial charge in [0.1, 0.15) is 5.75 Å². The molecule has 0 bridgehead atoms. The van der Waals surface area contributed by atoms with Crippen LogP contribution in [0, 0.1) is 0 Å². The molecule has 0 saturated carbocycles. The number of urea groups is 1. The molecular weight excluding hydrogens is 346 g/mol. The predicted octanol–water partition coefficient (Wildman–Crippen LogP) is 3.60. The summed E-state index contributed by atoms with van der Waals surface area (Å²) >= 11 is 0. The van der Waals surface area contributed by atoms with Crippen LogP contribution in [-0.4, -0.2) is 29.2 Å². The summed E-state index contributed by atoms with van der Waals surface area (Å²) < 4.78 is 12.1. The van der Waals surface area contributed by atoms with Gasteiger partial charge in [0.2, 0.25) is 0 Å². The van der Waals surface area contributed by atoms with Gasteiger partial charge in [0.15, 0.2) is 5.58 Å². The SMILES string of the molecule is CCn1c(=O)oc2cc(NC(=O)N3CC[C@@H]3c3cccc(OC)c3)ccc21. The van der Waals surface area contributed by atoms with E-state index in [2.05, 4.69) is 5.32 Å². The number of nitrogens with zero attached hydrogens (tertiary/aromatic N) is 2. The number of nitrogens with one attached hydrogen (secondary N) is 1. The lowest BCUT2D eigenvalue weighted by molar-refractivity contribution is 0.126. The molecule has 2 heterocycles. The van der Waals surface area contributed by atoms with Gasteiger partial charge in [0.25, 0.3) is 0 Å². The van der Waals surface area contributed by atoms with E-state index in [0.29, 0.717) is 24.4 Å². The zero-order valence-electron chi connectivity index (χ0n) is 15.3. The summed E-state index contributed by atoms with van der Waals surface area (Å²) in [5.41, 5.74) is 2.84. The number of carbonyl (C=O) groups is 1. The smallest absolute Gasteiger partial charge is 0.419 e. The molecule has 0 aliphatic carbocycles. The van der Waals surface area contributed by atoms with Gasteiger partial charge >= 0.3 is 11.8 Å². The van der Waals surface area contributed by atoms with Crippen LogP contribution in [0.1, 0.15) is 24.9 Å². The van der Waals surface area contributed by atoms with Gasteiger partial charge in [0.05, 0.1) is 18.7 Å². The number of hydrogen-bond donors (Lipinski definition) is 1. The Hall–Kier alpha value is -3.22. The number of likely N-dealkylation sites (tertiary alicyclic amines) is 1. The molecule has 3 aromatic rings. The first kappa shape index (κ1) is 17.2. The number of aryl methyl sites for hydroxylation is 1. The molecule has 4 rings (SSSR count). The number of rotatable bonds is 4. The first-order valence-electron chi connectivity index (χ1n) is 8.95. The third-order valence-corrected chi connectivity index (χ3v) is 4.99. The fourth-order valence-electron chi connectivity index (χ4n) is 3.46. The van der Waals surface area contributed by atoms with E-state index >= 15 is 0 Å². The Kier molecular flexibility index (Phi) is 4.35. The lowest BCUT2D eigenvalue weighted by Crippen LogP contribution is -2.47. The Morgan fingerprint density at radius 3 is 2.85 bits per heavy atom. The highest BCUT2D eigenvalue weighted by Gasteiger charge is 2.33. The van der Waals surface area contributed by atoms with Crippen LogP contribution in [-0.2, 0) is 6.54 Å². The van der Waals surface area contributed by atoms with Crippen LogP contribution in [0.15, 0.2) is 51.7 Å². The van der Waals surface area contributed by atoms with Gasteiger partial charge in [-0.05, 0) is 43.2 Å². The molecule has 1 fully saturated rings. The minimum atomic E-state index is -0.392. The molecule has 1 aliphatic rings. The molecule has 7 heteroatoms. The standard InChI is InChI=1S/C20H21N3O4/c1-3-22-17-8-7-14(12-18(17)27-20(22)25)21-19(24)23-10-9-16(23)13-5-4-6-15(11-13)26-2/h4-8,11-12,16H,3,9-10H2,1-2H3,(H,21,24)/t16-/m1/s1. The zero-order chi connectivity index (χ0) is 19.0. The quantitative estimate of drug-likeness (QED) is 0.764. The van der Waals surface area contributed by atoms with Crippen molar-refractivity contribution in [3.05, 3.63) is 58.6 Å². The number of carbonyl (C=O) groups excluding carboxylic acids is 1. The van der Waals surface area contributed by atoms with E-state index in [0.717, 1.165) is 23.3 Å². The van der Waals surface area contributed by atoms with Crippen LogP contribution in [0.2, 0.25) is 0 Å². The number of fused-ring (bicyclic) bond motifs is 1. The van der Waals surface area contributed by atoms with Gasteiger partial charge in [-0.2, -0.15) is 0 Å². The Balaban J connectivity index is 1.52. The maximum atomic E-state index is 12.7. The summed E-state index contributed by atoms with van der Waals surface area (Å²) in [6.45, 7) is 3.11. The van der Waals surface area contributed by atoms with Gasteiger partial charge in [-0.1, -0.05) is 12.1 Å². The molecule has 1 atom stereocenters. The maximum absolute atomic E-state index is 12.7. The van der Waals surface area contributed by atoms with Crippen molar-refractivity contribution in [2.24, 2.45) is 0 Å². The summed E-state index contributed by atoms with van der Waals surface area (Å²) in [7, 11) is 1.63. The van der Waals surface area contributed by atoms with E-state index < -0.39 is 5.76 Å². The van der Waals surface area contributed by atoms with Crippen LogP contribution in [0.3, 0.4) is 0 Å². The molecule has 1 aromatic heterocycles. The van der Waals surface area contributed by atoms with E-state index in [1.807, 2.05) is 31.2 Å². The largest absolute Gasteiger partial charge is 0.497 e. The Morgan fingerprint density at radius 1 is 1.30 bits per heavy atom. The number of anilines is 1. The monoisotopic (exact) mass is 367 g/mol. The topological polar surface area (TPSA) is 76.7 Å². The third kappa shape index (κ3) is 3.05. The second-order valence-electron chi connectivity index (χ2n) is 6.50. The van der Waals surface area contributed by atoms with Crippen molar-refractivity contribution in [3.8, 4) is 5.75 Å². The van der Waals surface area contributed by atoms with E-state index in [4.69, 9.17) is 9.15 Å². The molecule has 2 amide bonds. The van der Waals surface area contributed by atoms with Crippen LogP contribution in [0.5, 0.6) is 5.75 Å². The van der Waals surface area contributed by atoms with Gasteiger partial charge in [-0.25, -0.2) is 9.59 Å². The zero-order valence-corrected chi connectivity index (χ0v) is 15.3. The molecule has 27 heavy (non-hydrogen) atoms. The maximum Gasteiger partial charge on any atom is 0.419 e. The number of benzene rings is 2. The van der Waals surface area contributed by atoms with Crippen molar-refractivity contribution < 1.29 is 13.9 Å². The van der Waals surface area contributed by atoms with Crippen molar-refractivity contribution in [2.75, 3.05) is 19.0 Å². The minimum Gasteiger partial charge on any atom is -0.497 e. The average Bonchev–Trinajstić information content (AvgIpc) is 2.95. The molecule has 0 unspecified atom stereocenters. The van der Waals surface area contributed by atoms with Crippen molar-refractivity contribution in [3.63, 3.8) is 0 Å². The summed E-state index contributed by atoms with van der Waals surface area (Å²) in [4.78, 5) is 26.3. The molecular formula is C20H21N3O4. The van der Waals surface area contributed by atoms with Gasteiger partial charge in [0, 0.05) is 24.8 Å². The minimum absolute atomic E-state index is 0.0305. The fraction of sp³-hybridized carbons (Fsp3) is 0.300. The molecule has 140 valence electrons. The Bertz CT molecular complexity index is 1050. The molecule has 7 nitrogen and oxygen atoms in total. The normalized spacial score (nSPS) is 16.2. The second-order valence-corrected chi connectivity index (χ2v) is 6.50. The number of aromatic nitrogens is 1. The highest BCUT2D eigenvalue weighted by Crippen LogP contribution is 2.35. The van der Waals surface area contributed by atoms with Crippen molar-refractivity contribution in [2.45, 2.75) is 25.9 Å². The predicted molar refractivity (Wildman–Crippen MR) is 102 cm³/mol. The number of ether oxygens (including phenoxy) is 1. The van der Waals surface area contributed by atoms with Gasteiger partial charge in [-0.15, -0.1) is 0 Å². The summed E-state index contributed by atoms with van der Waals surface area (Å²) in [6, 6.07) is 12.9. The summed E-state index contributed by atoms with van der Waals surface area (Å²) in [6.07, 6.45) is 0.911. The number of hydrogen-bond acceptors (Lipinski definition) is 4. The van der Waals surface area contributed by atoms with E-state index in [1.165, 1.54) is 0 Å². The number of amides is 2. The Labute approximate surface area is 156 Å². The van der Waals surface area contributed by atoms with Crippen molar-refractivity contribution >= 4 is 22.8 Å². The highest BCUT2D eigenvalue weighted by molar-refractivity contribution is 5.92. The van der Waals surface area contributed by atoms with Crippen molar-refractivity contribution in [1.82, 2.24) is 9.47 Å². The van der Waals surface area contributed by atoms with E-state index in [1.54, 1.807) is 34.8 Å². The molecule has 1 aliphatic heterocycles. The summed E-state index contributed by atoms with van der Waals surface area (Å²) in [5, 5.41) is 2.90. The molecule has 1 N–H and O–H groups in total. The fourth-order valence-corrected chi connectivity index (χ4v) is 3.46. The lowest BCUT2D eigenvalue weighted by Gasteiger charge is -2.41. The van der Waals surface area contributed by atoms with Crippen LogP contribution < -0.4 is 15.8 Å².